The third kappa shape index (κ3) is 2.97. The standard InChI is InChI=1S/C18H21N5O2/c1-2-15(23-9-5-8-19-23)17(24)21-10-12-22(13-11-21)18-20-14-6-3-4-7-16(14)25-18/h3-9,15H,2,10-13H2,1H3. The number of para-hydroxylation sites is 2. The van der Waals surface area contributed by atoms with Crippen LogP contribution in [0.4, 0.5) is 6.01 Å². The molecule has 0 bridgehead atoms. The Morgan fingerprint density at radius 3 is 2.68 bits per heavy atom. The summed E-state index contributed by atoms with van der Waals surface area (Å²) >= 11 is 0. The summed E-state index contributed by atoms with van der Waals surface area (Å²) in [6.07, 6.45) is 4.29. The fourth-order valence-electron chi connectivity index (χ4n) is 3.26. The predicted molar refractivity (Wildman–Crippen MR) is 94.4 cm³/mol. The summed E-state index contributed by atoms with van der Waals surface area (Å²) < 4.78 is 7.57. The normalized spacial score (nSPS) is 16.4. The number of piperazine rings is 1. The minimum atomic E-state index is -0.231. The summed E-state index contributed by atoms with van der Waals surface area (Å²) in [6, 6.07) is 10.00. The van der Waals surface area contributed by atoms with E-state index in [1.54, 1.807) is 10.9 Å². The molecule has 1 unspecified atom stereocenters. The van der Waals surface area contributed by atoms with Crippen LogP contribution in [-0.4, -0.2) is 51.8 Å². The average molecular weight is 339 g/mol. The lowest BCUT2D eigenvalue weighted by Gasteiger charge is -2.35. The lowest BCUT2D eigenvalue weighted by Crippen LogP contribution is -2.50. The highest BCUT2D eigenvalue weighted by atomic mass is 16.4. The van der Waals surface area contributed by atoms with Crippen molar-refractivity contribution in [2.45, 2.75) is 19.4 Å². The molecule has 2 aromatic heterocycles. The molecule has 1 atom stereocenters. The van der Waals surface area contributed by atoms with E-state index in [0.29, 0.717) is 32.2 Å². The second kappa shape index (κ2) is 6.58. The fourth-order valence-corrected chi connectivity index (χ4v) is 3.26. The van der Waals surface area contributed by atoms with Crippen LogP contribution < -0.4 is 4.90 Å². The molecule has 25 heavy (non-hydrogen) atoms. The summed E-state index contributed by atoms with van der Waals surface area (Å²) in [4.78, 5) is 21.4. The number of rotatable bonds is 4. The first kappa shape index (κ1) is 15.7. The SMILES string of the molecule is CCC(C(=O)N1CCN(c2nc3ccccc3o2)CC1)n1cccn1. The van der Waals surface area contributed by atoms with Gasteiger partial charge in [0, 0.05) is 38.6 Å². The predicted octanol–water partition coefficient (Wildman–Crippen LogP) is 2.32. The molecule has 0 aliphatic carbocycles. The minimum absolute atomic E-state index is 0.128. The summed E-state index contributed by atoms with van der Waals surface area (Å²) in [6.45, 7) is 4.77. The third-order valence-corrected chi connectivity index (χ3v) is 4.66. The second-order valence-corrected chi connectivity index (χ2v) is 6.19. The fraction of sp³-hybridized carbons (Fsp3) is 0.389. The molecular weight excluding hydrogens is 318 g/mol. The number of hydrogen-bond acceptors (Lipinski definition) is 5. The van der Waals surface area contributed by atoms with Crippen molar-refractivity contribution >= 4 is 23.0 Å². The number of hydrogen-bond donors (Lipinski definition) is 0. The zero-order valence-corrected chi connectivity index (χ0v) is 14.2. The molecular formula is C18H21N5O2. The highest BCUT2D eigenvalue weighted by Crippen LogP contribution is 2.23. The van der Waals surface area contributed by atoms with Gasteiger partial charge < -0.3 is 14.2 Å². The number of fused-ring (bicyclic) bond motifs is 1. The van der Waals surface area contributed by atoms with Gasteiger partial charge in [-0.3, -0.25) is 9.48 Å². The Hall–Kier alpha value is -2.83. The summed E-state index contributed by atoms with van der Waals surface area (Å²) in [5.41, 5.74) is 1.65. The molecule has 4 rings (SSSR count). The smallest absolute Gasteiger partial charge is 0.298 e. The van der Waals surface area contributed by atoms with Gasteiger partial charge in [0.05, 0.1) is 0 Å². The van der Waals surface area contributed by atoms with E-state index in [0.717, 1.165) is 17.5 Å². The highest BCUT2D eigenvalue weighted by molar-refractivity contribution is 5.80. The number of amides is 1. The number of anilines is 1. The van der Waals surface area contributed by atoms with E-state index in [4.69, 9.17) is 4.42 Å². The van der Waals surface area contributed by atoms with E-state index < -0.39 is 0 Å². The summed E-state index contributed by atoms with van der Waals surface area (Å²) in [5, 5.41) is 4.22. The van der Waals surface area contributed by atoms with Crippen molar-refractivity contribution in [3.8, 4) is 0 Å². The number of carbonyl (C=O) groups is 1. The van der Waals surface area contributed by atoms with Crippen LogP contribution in [0.1, 0.15) is 19.4 Å². The maximum absolute atomic E-state index is 12.8. The number of benzene rings is 1. The molecule has 0 spiro atoms. The van der Waals surface area contributed by atoms with Gasteiger partial charge in [-0.15, -0.1) is 0 Å². The van der Waals surface area contributed by atoms with Crippen LogP contribution in [0.5, 0.6) is 0 Å². The van der Waals surface area contributed by atoms with E-state index in [2.05, 4.69) is 15.0 Å². The quantitative estimate of drug-likeness (QED) is 0.730. The largest absolute Gasteiger partial charge is 0.423 e. The number of carbonyl (C=O) groups excluding carboxylic acids is 1. The lowest BCUT2D eigenvalue weighted by atomic mass is 10.2. The maximum Gasteiger partial charge on any atom is 0.298 e. The van der Waals surface area contributed by atoms with Crippen molar-refractivity contribution in [1.82, 2.24) is 19.7 Å². The first-order chi connectivity index (χ1) is 12.3. The van der Waals surface area contributed by atoms with Crippen LogP contribution >= 0.6 is 0 Å². The maximum atomic E-state index is 12.8. The molecule has 1 fully saturated rings. The molecule has 1 aromatic carbocycles. The first-order valence-electron chi connectivity index (χ1n) is 8.64. The van der Waals surface area contributed by atoms with Crippen molar-refractivity contribution in [1.29, 1.82) is 0 Å². The molecule has 1 aliphatic heterocycles. The van der Waals surface area contributed by atoms with Crippen LogP contribution in [-0.2, 0) is 4.79 Å². The number of aromatic nitrogens is 3. The van der Waals surface area contributed by atoms with Gasteiger partial charge in [-0.05, 0) is 24.6 Å². The molecule has 0 saturated carbocycles. The average Bonchev–Trinajstić information content (AvgIpc) is 3.32. The van der Waals surface area contributed by atoms with Gasteiger partial charge in [-0.2, -0.15) is 10.1 Å². The van der Waals surface area contributed by atoms with Crippen molar-refractivity contribution in [3.05, 3.63) is 42.7 Å². The molecule has 3 aromatic rings. The van der Waals surface area contributed by atoms with Gasteiger partial charge in [-0.1, -0.05) is 19.1 Å². The van der Waals surface area contributed by atoms with Crippen LogP contribution in [0.15, 0.2) is 47.1 Å². The zero-order chi connectivity index (χ0) is 17.2. The molecule has 0 N–H and O–H groups in total. The van der Waals surface area contributed by atoms with Gasteiger partial charge in [0.15, 0.2) is 5.58 Å². The van der Waals surface area contributed by atoms with Crippen molar-refractivity contribution in [3.63, 3.8) is 0 Å². The molecule has 7 heteroatoms. The first-order valence-corrected chi connectivity index (χ1v) is 8.64. The monoisotopic (exact) mass is 339 g/mol. The van der Waals surface area contributed by atoms with Crippen LogP contribution in [0.2, 0.25) is 0 Å². The van der Waals surface area contributed by atoms with Crippen LogP contribution in [0.25, 0.3) is 11.1 Å². The third-order valence-electron chi connectivity index (χ3n) is 4.66. The Labute approximate surface area is 145 Å². The van der Waals surface area contributed by atoms with Gasteiger partial charge >= 0.3 is 0 Å². The molecule has 1 aliphatic rings. The molecule has 3 heterocycles. The molecule has 7 nitrogen and oxygen atoms in total. The lowest BCUT2D eigenvalue weighted by molar-refractivity contribution is -0.135. The van der Waals surface area contributed by atoms with E-state index in [9.17, 15) is 4.79 Å². The van der Waals surface area contributed by atoms with Gasteiger partial charge in [0.2, 0.25) is 5.91 Å². The van der Waals surface area contributed by atoms with E-state index in [1.165, 1.54) is 0 Å². The van der Waals surface area contributed by atoms with Gasteiger partial charge in [-0.25, -0.2) is 0 Å². The van der Waals surface area contributed by atoms with Gasteiger partial charge in [0.25, 0.3) is 6.01 Å². The highest BCUT2D eigenvalue weighted by Gasteiger charge is 2.29. The Balaban J connectivity index is 1.43. The number of nitrogens with zero attached hydrogens (tertiary/aromatic N) is 5. The van der Waals surface area contributed by atoms with Crippen LogP contribution in [0, 0.1) is 0 Å². The minimum Gasteiger partial charge on any atom is -0.423 e. The van der Waals surface area contributed by atoms with E-state index in [1.807, 2.05) is 48.4 Å². The zero-order valence-electron chi connectivity index (χ0n) is 14.2. The Morgan fingerprint density at radius 2 is 2.00 bits per heavy atom. The molecule has 1 saturated heterocycles. The number of oxazole rings is 1. The Bertz CT molecular complexity index is 816. The van der Waals surface area contributed by atoms with E-state index in [-0.39, 0.29) is 11.9 Å². The summed E-state index contributed by atoms with van der Waals surface area (Å²) in [5.74, 6) is 0.128. The molecule has 0 radical (unpaired) electrons. The van der Waals surface area contributed by atoms with Crippen molar-refractivity contribution in [2.24, 2.45) is 0 Å². The topological polar surface area (TPSA) is 67.4 Å². The Morgan fingerprint density at radius 1 is 1.20 bits per heavy atom. The van der Waals surface area contributed by atoms with Crippen molar-refractivity contribution < 1.29 is 9.21 Å². The summed E-state index contributed by atoms with van der Waals surface area (Å²) in [7, 11) is 0. The Kier molecular flexibility index (Phi) is 4.13. The molecule has 130 valence electrons. The second-order valence-electron chi connectivity index (χ2n) is 6.19. The van der Waals surface area contributed by atoms with Crippen LogP contribution in [0.3, 0.4) is 0 Å². The van der Waals surface area contributed by atoms with Gasteiger partial charge in [0.1, 0.15) is 11.6 Å². The van der Waals surface area contributed by atoms with E-state index >= 15 is 0 Å². The molecule has 1 amide bonds. The van der Waals surface area contributed by atoms with Crippen molar-refractivity contribution in [2.75, 3.05) is 31.1 Å².